The maximum Gasteiger partial charge on any atom is 0.153 e. The first-order chi connectivity index (χ1) is 10.1. The highest BCUT2D eigenvalue weighted by Crippen LogP contribution is 2.29. The summed E-state index contributed by atoms with van der Waals surface area (Å²) in [4.78, 5) is 0. The normalized spacial score (nSPS) is 11.0. The standard InChI is InChI=1S/C13H14F3N3OS/c1-20-5-4-17-3-2-11-18-19-13(21-11)12-9(15)6-8(14)7-10(12)16/h6-7,17H,2-5H2,1H3. The largest absolute Gasteiger partial charge is 0.383 e. The van der Waals surface area contributed by atoms with Crippen molar-refractivity contribution in [1.82, 2.24) is 15.5 Å². The van der Waals surface area contributed by atoms with Crippen LogP contribution in [-0.2, 0) is 11.2 Å². The van der Waals surface area contributed by atoms with Crippen molar-refractivity contribution in [2.24, 2.45) is 0 Å². The molecule has 8 heteroatoms. The van der Waals surface area contributed by atoms with Gasteiger partial charge in [0.15, 0.2) is 5.01 Å². The van der Waals surface area contributed by atoms with Gasteiger partial charge in [-0.3, -0.25) is 0 Å². The van der Waals surface area contributed by atoms with Gasteiger partial charge in [0.2, 0.25) is 0 Å². The van der Waals surface area contributed by atoms with Gasteiger partial charge in [-0.1, -0.05) is 11.3 Å². The van der Waals surface area contributed by atoms with Crippen LogP contribution in [0.2, 0.25) is 0 Å². The van der Waals surface area contributed by atoms with Crippen molar-refractivity contribution in [3.63, 3.8) is 0 Å². The molecule has 114 valence electrons. The molecule has 1 aromatic carbocycles. The summed E-state index contributed by atoms with van der Waals surface area (Å²) in [6, 6.07) is 1.26. The van der Waals surface area contributed by atoms with Crippen LogP contribution in [0.5, 0.6) is 0 Å². The molecule has 1 aromatic heterocycles. The Kier molecular flexibility index (Phi) is 5.66. The lowest BCUT2D eigenvalue weighted by Crippen LogP contribution is -2.21. The van der Waals surface area contributed by atoms with Gasteiger partial charge in [0.25, 0.3) is 0 Å². The van der Waals surface area contributed by atoms with Gasteiger partial charge in [-0.25, -0.2) is 13.2 Å². The molecule has 0 aliphatic rings. The molecule has 0 amide bonds. The molecule has 1 N–H and O–H groups in total. The van der Waals surface area contributed by atoms with Crippen molar-refractivity contribution in [3.05, 3.63) is 34.6 Å². The number of rotatable bonds is 7. The Hall–Kier alpha value is -1.51. The van der Waals surface area contributed by atoms with E-state index in [0.717, 1.165) is 11.3 Å². The predicted molar refractivity (Wildman–Crippen MR) is 73.7 cm³/mol. The summed E-state index contributed by atoms with van der Waals surface area (Å²) in [5.74, 6) is -2.91. The van der Waals surface area contributed by atoms with E-state index >= 15 is 0 Å². The molecule has 0 aliphatic carbocycles. The summed E-state index contributed by atoms with van der Waals surface area (Å²) >= 11 is 1.09. The van der Waals surface area contributed by atoms with Gasteiger partial charge in [-0.15, -0.1) is 10.2 Å². The van der Waals surface area contributed by atoms with Crippen LogP contribution in [0.1, 0.15) is 5.01 Å². The van der Waals surface area contributed by atoms with E-state index in [1.165, 1.54) is 0 Å². The van der Waals surface area contributed by atoms with E-state index < -0.39 is 17.5 Å². The molecule has 21 heavy (non-hydrogen) atoms. The third-order valence-electron chi connectivity index (χ3n) is 2.69. The highest BCUT2D eigenvalue weighted by Gasteiger charge is 2.17. The van der Waals surface area contributed by atoms with Crippen molar-refractivity contribution in [2.75, 3.05) is 26.8 Å². The molecule has 0 saturated heterocycles. The molecule has 0 atom stereocenters. The second-order valence-corrected chi connectivity index (χ2v) is 5.30. The fraction of sp³-hybridized carbons (Fsp3) is 0.385. The molecule has 2 aromatic rings. The van der Waals surface area contributed by atoms with Crippen LogP contribution in [-0.4, -0.2) is 37.0 Å². The number of nitrogens with one attached hydrogen (secondary N) is 1. The zero-order chi connectivity index (χ0) is 15.2. The lowest BCUT2D eigenvalue weighted by atomic mass is 10.2. The van der Waals surface area contributed by atoms with Crippen LogP contribution >= 0.6 is 11.3 Å². The van der Waals surface area contributed by atoms with Crippen molar-refractivity contribution in [3.8, 4) is 10.6 Å². The molecule has 2 rings (SSSR count). The van der Waals surface area contributed by atoms with E-state index in [2.05, 4.69) is 15.5 Å². The summed E-state index contributed by atoms with van der Waals surface area (Å²) in [6.07, 6.45) is 0.589. The van der Waals surface area contributed by atoms with Crippen LogP contribution < -0.4 is 5.32 Å². The number of benzene rings is 1. The number of halogens is 3. The zero-order valence-corrected chi connectivity index (χ0v) is 12.1. The Morgan fingerprint density at radius 1 is 1.14 bits per heavy atom. The second kappa shape index (κ2) is 7.48. The highest BCUT2D eigenvalue weighted by atomic mass is 32.1. The number of hydrogen-bond donors (Lipinski definition) is 1. The topological polar surface area (TPSA) is 47.0 Å². The summed E-state index contributed by atoms with van der Waals surface area (Å²) < 4.78 is 45.0. The Labute approximate surface area is 124 Å². The highest BCUT2D eigenvalue weighted by molar-refractivity contribution is 7.14. The third kappa shape index (κ3) is 4.23. The second-order valence-electron chi connectivity index (χ2n) is 4.24. The average molecular weight is 317 g/mol. The smallest absolute Gasteiger partial charge is 0.153 e. The van der Waals surface area contributed by atoms with E-state index in [0.29, 0.717) is 43.3 Å². The van der Waals surface area contributed by atoms with Gasteiger partial charge < -0.3 is 10.1 Å². The Morgan fingerprint density at radius 2 is 1.86 bits per heavy atom. The quantitative estimate of drug-likeness (QED) is 0.797. The molecule has 0 aliphatic heterocycles. The third-order valence-corrected chi connectivity index (χ3v) is 3.69. The first-order valence-electron chi connectivity index (χ1n) is 6.28. The fourth-order valence-corrected chi connectivity index (χ4v) is 2.58. The van der Waals surface area contributed by atoms with Crippen molar-refractivity contribution in [2.45, 2.75) is 6.42 Å². The van der Waals surface area contributed by atoms with Crippen LogP contribution in [0.25, 0.3) is 10.6 Å². The Morgan fingerprint density at radius 3 is 2.52 bits per heavy atom. The van der Waals surface area contributed by atoms with E-state index in [-0.39, 0.29) is 10.6 Å². The van der Waals surface area contributed by atoms with Gasteiger partial charge >= 0.3 is 0 Å². The van der Waals surface area contributed by atoms with Gasteiger partial charge in [-0.05, 0) is 0 Å². The molecule has 4 nitrogen and oxygen atoms in total. The molecule has 0 bridgehead atoms. The maximum atomic E-state index is 13.6. The minimum atomic E-state index is -0.978. The molecular weight excluding hydrogens is 303 g/mol. The van der Waals surface area contributed by atoms with Crippen LogP contribution in [0.4, 0.5) is 13.2 Å². The monoisotopic (exact) mass is 317 g/mol. The average Bonchev–Trinajstić information content (AvgIpc) is 2.86. The number of ether oxygens (including phenoxy) is 1. The molecule has 0 fully saturated rings. The molecule has 0 radical (unpaired) electrons. The lowest BCUT2D eigenvalue weighted by Gasteiger charge is -2.01. The first kappa shape index (κ1) is 15.9. The van der Waals surface area contributed by atoms with Crippen molar-refractivity contribution >= 4 is 11.3 Å². The molecule has 0 unspecified atom stereocenters. The van der Waals surface area contributed by atoms with E-state index in [1.807, 2.05) is 0 Å². The number of methoxy groups -OCH3 is 1. The van der Waals surface area contributed by atoms with Gasteiger partial charge in [0, 0.05) is 38.8 Å². The number of aromatic nitrogens is 2. The Bertz CT molecular complexity index is 583. The molecular formula is C13H14F3N3OS. The molecule has 1 heterocycles. The SMILES string of the molecule is COCCNCCc1nnc(-c2c(F)cc(F)cc2F)s1. The summed E-state index contributed by atoms with van der Waals surface area (Å²) in [5.41, 5.74) is -0.340. The zero-order valence-electron chi connectivity index (χ0n) is 11.3. The lowest BCUT2D eigenvalue weighted by molar-refractivity contribution is 0.199. The van der Waals surface area contributed by atoms with Crippen molar-refractivity contribution < 1.29 is 17.9 Å². The van der Waals surface area contributed by atoms with Crippen LogP contribution in [0, 0.1) is 17.5 Å². The minimum Gasteiger partial charge on any atom is -0.383 e. The summed E-state index contributed by atoms with van der Waals surface area (Å²) in [5, 5.41) is 11.5. The van der Waals surface area contributed by atoms with E-state index in [4.69, 9.17) is 4.74 Å². The van der Waals surface area contributed by atoms with Crippen molar-refractivity contribution in [1.29, 1.82) is 0 Å². The molecule has 0 spiro atoms. The van der Waals surface area contributed by atoms with Gasteiger partial charge in [-0.2, -0.15) is 0 Å². The van der Waals surface area contributed by atoms with Gasteiger partial charge in [0.1, 0.15) is 22.5 Å². The van der Waals surface area contributed by atoms with E-state index in [9.17, 15) is 13.2 Å². The van der Waals surface area contributed by atoms with Gasteiger partial charge in [0.05, 0.1) is 12.2 Å². The Balaban J connectivity index is 2.03. The fourth-order valence-electron chi connectivity index (χ4n) is 1.70. The summed E-state index contributed by atoms with van der Waals surface area (Å²) in [7, 11) is 1.62. The maximum absolute atomic E-state index is 13.6. The van der Waals surface area contributed by atoms with E-state index in [1.54, 1.807) is 7.11 Å². The molecule has 0 saturated carbocycles. The van der Waals surface area contributed by atoms with Crippen LogP contribution in [0.3, 0.4) is 0 Å². The summed E-state index contributed by atoms with van der Waals surface area (Å²) in [6.45, 7) is 1.98. The first-order valence-corrected chi connectivity index (χ1v) is 7.10. The number of hydrogen-bond acceptors (Lipinski definition) is 5. The number of nitrogens with zero attached hydrogens (tertiary/aromatic N) is 2. The predicted octanol–water partition coefficient (Wildman–Crippen LogP) is 2.40. The van der Waals surface area contributed by atoms with Crippen LogP contribution in [0.15, 0.2) is 12.1 Å². The minimum absolute atomic E-state index is 0.108.